The van der Waals surface area contributed by atoms with E-state index in [4.69, 9.17) is 23.2 Å². The van der Waals surface area contributed by atoms with Gasteiger partial charge in [0.15, 0.2) is 11.5 Å². The number of benzene rings is 2. The van der Waals surface area contributed by atoms with Gasteiger partial charge in [0.2, 0.25) is 0 Å². The number of carbonyl (C=O) groups is 1. The lowest BCUT2D eigenvalue weighted by Gasteiger charge is -2.26. The third kappa shape index (κ3) is 2.87. The minimum absolute atomic E-state index is 0.0197. The van der Waals surface area contributed by atoms with Gasteiger partial charge in [0, 0.05) is 12.1 Å². The van der Waals surface area contributed by atoms with Crippen LogP contribution in [0.4, 0.5) is 10.1 Å². The van der Waals surface area contributed by atoms with Crippen molar-refractivity contribution in [1.82, 2.24) is 9.78 Å². The monoisotopic (exact) mass is 389 g/mol. The van der Waals surface area contributed by atoms with Crippen LogP contribution < -0.4 is 4.90 Å². The molecule has 4 rings (SSSR count). The van der Waals surface area contributed by atoms with Crippen molar-refractivity contribution >= 4 is 34.8 Å². The highest BCUT2D eigenvalue weighted by molar-refractivity contribution is 6.31. The van der Waals surface area contributed by atoms with E-state index in [9.17, 15) is 9.18 Å². The van der Waals surface area contributed by atoms with E-state index in [1.165, 1.54) is 17.0 Å². The summed E-state index contributed by atoms with van der Waals surface area (Å²) in [7, 11) is 0. The maximum atomic E-state index is 14.3. The van der Waals surface area contributed by atoms with Crippen molar-refractivity contribution in [1.29, 1.82) is 0 Å². The molecule has 0 bridgehead atoms. The van der Waals surface area contributed by atoms with Crippen LogP contribution in [0.3, 0.4) is 0 Å². The first kappa shape index (κ1) is 17.1. The van der Waals surface area contributed by atoms with Gasteiger partial charge in [0.25, 0.3) is 5.91 Å². The first-order valence-corrected chi connectivity index (χ1v) is 8.87. The van der Waals surface area contributed by atoms with E-state index in [1.807, 2.05) is 30.3 Å². The molecular weight excluding hydrogens is 376 g/mol. The molecular formula is C19H14Cl2FN3O. The molecule has 3 aromatic rings. The summed E-state index contributed by atoms with van der Waals surface area (Å²) in [5, 5.41) is 4.82. The van der Waals surface area contributed by atoms with Crippen LogP contribution in [0.2, 0.25) is 10.2 Å². The van der Waals surface area contributed by atoms with Gasteiger partial charge in [-0.1, -0.05) is 59.6 Å². The topological polar surface area (TPSA) is 38.1 Å². The Morgan fingerprint density at radius 3 is 2.62 bits per heavy atom. The van der Waals surface area contributed by atoms with Crippen molar-refractivity contribution in [3.63, 3.8) is 0 Å². The quantitative estimate of drug-likeness (QED) is 0.657. The number of hydrogen-bond acceptors (Lipinski definition) is 2. The highest BCUT2D eigenvalue weighted by Gasteiger charge is 2.33. The molecule has 0 aliphatic carbocycles. The van der Waals surface area contributed by atoms with Crippen molar-refractivity contribution in [2.75, 3.05) is 11.4 Å². The van der Waals surface area contributed by atoms with Gasteiger partial charge in [-0.05, 0) is 24.1 Å². The van der Waals surface area contributed by atoms with E-state index in [1.54, 1.807) is 10.7 Å². The standard InChI is InChI=1S/C19H14Cl2FN3O/c20-14-7-4-8-15(16(14)22)24-10-9-13-17(19(24)26)23-25(18(13)21)11-12-5-2-1-3-6-12/h1-8H,9-11H2. The number of anilines is 1. The zero-order valence-corrected chi connectivity index (χ0v) is 15.1. The summed E-state index contributed by atoms with van der Waals surface area (Å²) in [4.78, 5) is 14.2. The molecule has 0 radical (unpaired) electrons. The van der Waals surface area contributed by atoms with Gasteiger partial charge in [-0.3, -0.25) is 4.79 Å². The third-order valence-electron chi connectivity index (χ3n) is 4.41. The molecule has 0 saturated carbocycles. The Balaban J connectivity index is 1.69. The number of hydrogen-bond donors (Lipinski definition) is 0. The fourth-order valence-corrected chi connectivity index (χ4v) is 3.57. The predicted molar refractivity (Wildman–Crippen MR) is 99.6 cm³/mol. The van der Waals surface area contributed by atoms with E-state index in [-0.39, 0.29) is 22.3 Å². The summed E-state index contributed by atoms with van der Waals surface area (Å²) in [5.74, 6) is -0.984. The van der Waals surface area contributed by atoms with Crippen molar-refractivity contribution in [2.45, 2.75) is 13.0 Å². The number of halogens is 3. The zero-order valence-electron chi connectivity index (χ0n) is 13.6. The summed E-state index contributed by atoms with van der Waals surface area (Å²) < 4.78 is 15.9. The normalized spacial score (nSPS) is 13.8. The second-order valence-corrected chi connectivity index (χ2v) is 6.81. The minimum Gasteiger partial charge on any atom is -0.304 e. The highest BCUT2D eigenvalue weighted by atomic mass is 35.5. The van der Waals surface area contributed by atoms with Gasteiger partial charge in [0.05, 0.1) is 17.3 Å². The molecule has 132 valence electrons. The zero-order chi connectivity index (χ0) is 18.3. The Morgan fingerprint density at radius 2 is 1.85 bits per heavy atom. The first-order valence-electron chi connectivity index (χ1n) is 8.11. The second-order valence-electron chi connectivity index (χ2n) is 6.04. The van der Waals surface area contributed by atoms with Crippen molar-refractivity contribution in [2.24, 2.45) is 0 Å². The lowest BCUT2D eigenvalue weighted by atomic mass is 10.1. The van der Waals surface area contributed by atoms with Gasteiger partial charge in [-0.25, -0.2) is 9.07 Å². The highest BCUT2D eigenvalue weighted by Crippen LogP contribution is 2.32. The summed E-state index contributed by atoms with van der Waals surface area (Å²) in [6.07, 6.45) is 0.501. The molecule has 26 heavy (non-hydrogen) atoms. The van der Waals surface area contributed by atoms with Crippen LogP contribution in [0.15, 0.2) is 48.5 Å². The summed E-state index contributed by atoms with van der Waals surface area (Å²) >= 11 is 12.3. The SMILES string of the molecule is O=C1c2nn(Cc3ccccc3)c(Cl)c2CCN1c1cccc(Cl)c1F. The number of rotatable bonds is 3. The summed E-state index contributed by atoms with van der Waals surface area (Å²) in [6.45, 7) is 0.783. The Kier molecular flexibility index (Phi) is 4.42. The molecule has 0 saturated heterocycles. The molecule has 0 atom stereocenters. The Hall–Kier alpha value is -2.37. The molecule has 0 unspecified atom stereocenters. The average molecular weight is 390 g/mol. The van der Waals surface area contributed by atoms with E-state index < -0.39 is 5.82 Å². The Labute approximate surface area is 159 Å². The molecule has 1 aromatic heterocycles. The number of nitrogens with zero attached hydrogens (tertiary/aromatic N) is 3. The molecule has 0 fully saturated rings. The smallest absolute Gasteiger partial charge is 0.279 e. The summed E-state index contributed by atoms with van der Waals surface area (Å²) in [5.41, 5.74) is 2.14. The molecule has 4 nitrogen and oxygen atoms in total. The second kappa shape index (κ2) is 6.74. The molecule has 2 aromatic carbocycles. The molecule has 1 amide bonds. The van der Waals surface area contributed by atoms with Crippen LogP contribution in [-0.4, -0.2) is 22.2 Å². The number of aromatic nitrogens is 2. The van der Waals surface area contributed by atoms with Gasteiger partial charge < -0.3 is 4.90 Å². The van der Waals surface area contributed by atoms with Crippen LogP contribution in [0.1, 0.15) is 21.6 Å². The first-order chi connectivity index (χ1) is 12.6. The molecule has 2 heterocycles. The van der Waals surface area contributed by atoms with Crippen molar-refractivity contribution in [3.8, 4) is 0 Å². The van der Waals surface area contributed by atoms with Gasteiger partial charge >= 0.3 is 0 Å². The largest absolute Gasteiger partial charge is 0.304 e. The molecule has 0 spiro atoms. The van der Waals surface area contributed by atoms with Crippen molar-refractivity contribution < 1.29 is 9.18 Å². The Bertz CT molecular complexity index is 988. The Morgan fingerprint density at radius 1 is 1.08 bits per heavy atom. The number of carbonyl (C=O) groups excluding carboxylic acids is 1. The summed E-state index contributed by atoms with van der Waals surface area (Å²) in [6, 6.07) is 14.3. The number of fused-ring (bicyclic) bond motifs is 1. The third-order valence-corrected chi connectivity index (χ3v) is 5.13. The minimum atomic E-state index is -0.610. The number of amides is 1. The van der Waals surface area contributed by atoms with E-state index in [2.05, 4.69) is 5.10 Å². The van der Waals surface area contributed by atoms with Crippen molar-refractivity contribution in [3.05, 3.63) is 81.3 Å². The van der Waals surface area contributed by atoms with Crippen LogP contribution >= 0.6 is 23.2 Å². The molecule has 7 heteroatoms. The fourth-order valence-electron chi connectivity index (χ4n) is 3.12. The average Bonchev–Trinajstić information content (AvgIpc) is 2.96. The van der Waals surface area contributed by atoms with Gasteiger partial charge in [-0.15, -0.1) is 0 Å². The van der Waals surface area contributed by atoms with Gasteiger partial charge in [-0.2, -0.15) is 5.10 Å². The van der Waals surface area contributed by atoms with E-state index in [0.717, 1.165) is 5.56 Å². The molecule has 1 aliphatic heterocycles. The van der Waals surface area contributed by atoms with Crippen LogP contribution in [-0.2, 0) is 13.0 Å². The van der Waals surface area contributed by atoms with Gasteiger partial charge in [0.1, 0.15) is 5.15 Å². The van der Waals surface area contributed by atoms with Crippen LogP contribution in [0, 0.1) is 5.82 Å². The lowest BCUT2D eigenvalue weighted by Crippen LogP contribution is -2.38. The van der Waals surface area contributed by atoms with Crippen LogP contribution in [0.25, 0.3) is 0 Å². The lowest BCUT2D eigenvalue weighted by molar-refractivity contribution is 0.0974. The predicted octanol–water partition coefficient (Wildman–Crippen LogP) is 4.58. The molecule has 0 N–H and O–H groups in total. The maximum Gasteiger partial charge on any atom is 0.279 e. The molecule has 1 aliphatic rings. The maximum absolute atomic E-state index is 14.3. The van der Waals surface area contributed by atoms with Crippen LogP contribution in [0.5, 0.6) is 0 Å². The van der Waals surface area contributed by atoms with E-state index >= 15 is 0 Å². The van der Waals surface area contributed by atoms with E-state index in [0.29, 0.717) is 30.2 Å². The fraction of sp³-hybridized carbons (Fsp3) is 0.158.